The van der Waals surface area contributed by atoms with Gasteiger partial charge >= 0.3 is 12.1 Å². The number of benzene rings is 1. The van der Waals surface area contributed by atoms with Crippen LogP contribution < -0.4 is 5.32 Å². The van der Waals surface area contributed by atoms with Crippen molar-refractivity contribution < 1.29 is 23.5 Å². The van der Waals surface area contributed by atoms with Crippen molar-refractivity contribution in [2.24, 2.45) is 0 Å². The molecule has 146 valence electrons. The Morgan fingerprint density at radius 3 is 2.67 bits per heavy atom. The quantitative estimate of drug-likeness (QED) is 0.746. The van der Waals surface area contributed by atoms with E-state index in [1.807, 2.05) is 0 Å². The monoisotopic (exact) mass is 377 g/mol. The van der Waals surface area contributed by atoms with Crippen molar-refractivity contribution >= 4 is 17.7 Å². The molecule has 2 aromatic rings. The van der Waals surface area contributed by atoms with Crippen molar-refractivity contribution in [3.63, 3.8) is 0 Å². The predicted molar refractivity (Wildman–Crippen MR) is 98.1 cm³/mol. The Morgan fingerprint density at radius 2 is 2.07 bits per heavy atom. The van der Waals surface area contributed by atoms with E-state index in [0.29, 0.717) is 16.8 Å². The lowest BCUT2D eigenvalue weighted by atomic mass is 9.94. The lowest BCUT2D eigenvalue weighted by molar-refractivity contribution is -0.153. The van der Waals surface area contributed by atoms with Crippen molar-refractivity contribution in [1.82, 2.24) is 9.78 Å². The Hall–Kier alpha value is -2.90. The van der Waals surface area contributed by atoms with Gasteiger partial charge in [-0.25, -0.2) is 14.0 Å². The smallest absolute Gasteiger partial charge is 0.412 e. The van der Waals surface area contributed by atoms with Crippen LogP contribution in [0.25, 0.3) is 0 Å². The zero-order chi connectivity index (χ0) is 20.0. The molecule has 1 atom stereocenters. The number of anilines is 1. The molecule has 1 heterocycles. The third-order valence-electron chi connectivity index (χ3n) is 3.92. The molecular formula is C19H24FN3O4. The second kappa shape index (κ2) is 8.66. The van der Waals surface area contributed by atoms with Crippen LogP contribution in [0.2, 0.25) is 0 Å². The second-order valence-electron chi connectivity index (χ2n) is 6.45. The molecule has 1 unspecified atom stereocenters. The van der Waals surface area contributed by atoms with Crippen LogP contribution in [0.1, 0.15) is 31.9 Å². The maximum Gasteiger partial charge on any atom is 0.412 e. The number of nitrogens with one attached hydrogen (secondary N) is 1. The highest BCUT2D eigenvalue weighted by molar-refractivity contribution is 5.88. The number of rotatable bonds is 7. The third-order valence-corrected chi connectivity index (χ3v) is 3.92. The summed E-state index contributed by atoms with van der Waals surface area (Å²) >= 11 is 0. The number of ether oxygens (including phenoxy) is 2. The van der Waals surface area contributed by atoms with Crippen LogP contribution in [0.4, 0.5) is 14.9 Å². The van der Waals surface area contributed by atoms with E-state index in [2.05, 4.69) is 10.4 Å². The number of carbonyl (C=O) groups is 2. The van der Waals surface area contributed by atoms with Gasteiger partial charge in [0.25, 0.3) is 0 Å². The zero-order valence-corrected chi connectivity index (χ0v) is 15.9. The van der Waals surface area contributed by atoms with Gasteiger partial charge in [-0.1, -0.05) is 12.1 Å². The molecule has 0 aliphatic carbocycles. The highest BCUT2D eigenvalue weighted by atomic mass is 19.1. The maximum atomic E-state index is 14.3. The predicted octanol–water partition coefficient (Wildman–Crippen LogP) is 3.58. The fourth-order valence-electron chi connectivity index (χ4n) is 2.66. The molecule has 0 bridgehead atoms. The van der Waals surface area contributed by atoms with Crippen LogP contribution in [0.15, 0.2) is 36.7 Å². The summed E-state index contributed by atoms with van der Waals surface area (Å²) < 4.78 is 26.0. The summed E-state index contributed by atoms with van der Waals surface area (Å²) in [6, 6.07) is 6.63. The van der Waals surface area contributed by atoms with E-state index in [4.69, 9.17) is 9.47 Å². The van der Waals surface area contributed by atoms with Crippen molar-refractivity contribution in [2.45, 2.75) is 46.0 Å². The molecule has 7 nitrogen and oxygen atoms in total. The topological polar surface area (TPSA) is 82.5 Å². The van der Waals surface area contributed by atoms with Gasteiger partial charge in [-0.15, -0.1) is 0 Å². The highest BCUT2D eigenvalue weighted by Crippen LogP contribution is 2.31. The largest absolute Gasteiger partial charge is 0.463 e. The summed E-state index contributed by atoms with van der Waals surface area (Å²) in [7, 11) is 0. The summed E-state index contributed by atoms with van der Waals surface area (Å²) in [6.07, 6.45) is 1.20. The van der Waals surface area contributed by atoms with E-state index in [9.17, 15) is 14.0 Å². The molecule has 0 aliphatic heterocycles. The maximum absolute atomic E-state index is 14.3. The van der Waals surface area contributed by atoms with Crippen LogP contribution in [0.3, 0.4) is 0 Å². The molecule has 1 aromatic carbocycles. The molecule has 0 fully saturated rings. The lowest BCUT2D eigenvalue weighted by Crippen LogP contribution is -2.35. The van der Waals surface area contributed by atoms with Crippen molar-refractivity contribution in [2.75, 3.05) is 11.9 Å². The Labute approximate surface area is 157 Å². The Balaban J connectivity index is 2.12. The Morgan fingerprint density at radius 1 is 1.33 bits per heavy atom. The highest BCUT2D eigenvalue weighted by Gasteiger charge is 2.27. The molecule has 1 amide bonds. The first-order valence-electron chi connectivity index (χ1n) is 8.63. The first-order valence-corrected chi connectivity index (χ1v) is 8.63. The molecule has 0 aliphatic rings. The Bertz CT molecular complexity index is 785. The number of hydrogen-bond acceptors (Lipinski definition) is 5. The van der Waals surface area contributed by atoms with E-state index in [0.717, 1.165) is 0 Å². The lowest BCUT2D eigenvalue weighted by Gasteiger charge is -2.21. The fourth-order valence-corrected chi connectivity index (χ4v) is 2.66. The first-order chi connectivity index (χ1) is 12.7. The summed E-state index contributed by atoms with van der Waals surface area (Å²) in [5, 5.41) is 6.56. The summed E-state index contributed by atoms with van der Waals surface area (Å²) in [5.41, 5.74) is -0.107. The number of carbonyl (C=O) groups excluding carboxylic acids is 2. The number of hydrogen-bond donors (Lipinski definition) is 1. The first kappa shape index (κ1) is 20.4. The molecular weight excluding hydrogens is 353 g/mol. The molecule has 27 heavy (non-hydrogen) atoms. The van der Waals surface area contributed by atoms with Crippen LogP contribution >= 0.6 is 0 Å². The number of nitrogens with zero attached hydrogens (tertiary/aromatic N) is 2. The van der Waals surface area contributed by atoms with Gasteiger partial charge in [-0.3, -0.25) is 10.00 Å². The molecule has 0 saturated heterocycles. The van der Waals surface area contributed by atoms with Gasteiger partial charge in [0.2, 0.25) is 6.10 Å². The van der Waals surface area contributed by atoms with Gasteiger partial charge in [-0.05, 0) is 51.0 Å². The van der Waals surface area contributed by atoms with Gasteiger partial charge < -0.3 is 9.47 Å². The van der Waals surface area contributed by atoms with E-state index >= 15 is 0 Å². The molecule has 1 N–H and O–H groups in total. The third kappa shape index (κ3) is 5.54. The Kier molecular flexibility index (Phi) is 6.55. The number of alkyl halides is 1. The van der Waals surface area contributed by atoms with Crippen LogP contribution in [0, 0.1) is 6.92 Å². The minimum absolute atomic E-state index is 0.0236. The minimum atomic E-state index is -1.56. The van der Waals surface area contributed by atoms with Crippen LogP contribution in [-0.2, 0) is 26.5 Å². The van der Waals surface area contributed by atoms with Crippen molar-refractivity contribution in [3.05, 3.63) is 47.8 Å². The standard InChI is InChI=1S/C19H24FN3O4/c1-5-26-17(24)16(12-23-11-7-10-21-23)27-18(25)22-15-9-6-8-14(13(15)2)19(3,4)20/h6-11,16H,5,12H2,1-4H3,(H,22,25). The summed E-state index contributed by atoms with van der Waals surface area (Å²) in [5.74, 6) is -0.668. The van der Waals surface area contributed by atoms with Crippen molar-refractivity contribution in [3.8, 4) is 0 Å². The van der Waals surface area contributed by atoms with E-state index in [-0.39, 0.29) is 13.2 Å². The molecule has 0 radical (unpaired) electrons. The van der Waals surface area contributed by atoms with Gasteiger partial charge in [0.05, 0.1) is 13.2 Å². The van der Waals surface area contributed by atoms with E-state index in [1.54, 1.807) is 50.5 Å². The number of amides is 1. The number of aromatic nitrogens is 2. The zero-order valence-electron chi connectivity index (χ0n) is 15.9. The minimum Gasteiger partial charge on any atom is -0.463 e. The molecule has 8 heteroatoms. The molecule has 0 saturated carbocycles. The van der Waals surface area contributed by atoms with Gasteiger partial charge in [0, 0.05) is 18.1 Å². The molecule has 0 spiro atoms. The fraction of sp³-hybridized carbons (Fsp3) is 0.421. The normalized spacial score (nSPS) is 12.3. The molecule has 2 rings (SSSR count). The summed E-state index contributed by atoms with van der Waals surface area (Å²) in [6.45, 7) is 6.44. The van der Waals surface area contributed by atoms with Gasteiger partial charge in [0.15, 0.2) is 0 Å². The summed E-state index contributed by atoms with van der Waals surface area (Å²) in [4.78, 5) is 24.4. The average molecular weight is 377 g/mol. The van der Waals surface area contributed by atoms with Gasteiger partial charge in [0.1, 0.15) is 5.67 Å². The van der Waals surface area contributed by atoms with E-state index in [1.165, 1.54) is 18.5 Å². The SMILES string of the molecule is CCOC(=O)C(Cn1cccn1)OC(=O)Nc1cccc(C(C)(C)F)c1C. The van der Waals surface area contributed by atoms with Crippen LogP contribution in [-0.4, -0.2) is 34.6 Å². The van der Waals surface area contributed by atoms with Gasteiger partial charge in [-0.2, -0.15) is 5.10 Å². The van der Waals surface area contributed by atoms with Crippen LogP contribution in [0.5, 0.6) is 0 Å². The molecule has 1 aromatic heterocycles. The van der Waals surface area contributed by atoms with Crippen molar-refractivity contribution in [1.29, 1.82) is 0 Å². The average Bonchev–Trinajstić information content (AvgIpc) is 3.08. The number of esters is 1. The number of halogens is 1. The van der Waals surface area contributed by atoms with E-state index < -0.39 is 23.8 Å². The second-order valence-corrected chi connectivity index (χ2v) is 6.45.